The van der Waals surface area contributed by atoms with E-state index in [1.54, 1.807) is 23.5 Å². The molecule has 4 aromatic rings. The molecule has 0 saturated heterocycles. The Balaban J connectivity index is 1.77. The number of thiophene rings is 1. The van der Waals surface area contributed by atoms with E-state index in [4.69, 9.17) is 5.14 Å². The van der Waals surface area contributed by atoms with Gasteiger partial charge in [-0.25, -0.2) is 23.5 Å². The first kappa shape index (κ1) is 18.5. The van der Waals surface area contributed by atoms with Crippen LogP contribution in [0.5, 0.6) is 0 Å². The van der Waals surface area contributed by atoms with Gasteiger partial charge in [-0.3, -0.25) is 0 Å². The Morgan fingerprint density at radius 2 is 1.75 bits per heavy atom. The average molecular weight is 411 g/mol. The van der Waals surface area contributed by atoms with Crippen LogP contribution in [0.2, 0.25) is 0 Å². The maximum absolute atomic E-state index is 11.4. The molecule has 0 aliphatic heterocycles. The number of hydrogen-bond donors (Lipinski definition) is 2. The van der Waals surface area contributed by atoms with Crippen molar-refractivity contribution in [2.75, 3.05) is 5.32 Å². The van der Waals surface area contributed by atoms with Crippen LogP contribution < -0.4 is 10.5 Å². The first-order valence-electron chi connectivity index (χ1n) is 8.52. The zero-order chi connectivity index (χ0) is 19.9. The minimum absolute atomic E-state index is 0.0669. The highest BCUT2D eigenvalue weighted by atomic mass is 32.2. The molecule has 0 atom stereocenters. The first-order valence-corrected chi connectivity index (χ1v) is 11.0. The molecular formula is C20H18N4O2S2. The van der Waals surface area contributed by atoms with Crippen molar-refractivity contribution >= 4 is 43.1 Å². The minimum atomic E-state index is -3.72. The molecule has 0 aliphatic carbocycles. The van der Waals surface area contributed by atoms with Crippen molar-refractivity contribution in [2.24, 2.45) is 5.14 Å². The van der Waals surface area contributed by atoms with Crippen LogP contribution in [0.3, 0.4) is 0 Å². The number of rotatable bonds is 4. The second-order valence-corrected chi connectivity index (χ2v) is 8.96. The predicted octanol–water partition coefficient (Wildman–Crippen LogP) is 4.37. The standard InChI is InChI=1S/C20H18N4O2S2/c1-12-3-4-14(9-13(12)2)17-10-27-20-18(17)19(22-11-23-20)24-15-5-7-16(8-6-15)28(21,25)26/h3-11H,1-2H3,(H2,21,25,26)(H,22,23,24). The number of primary sulfonamides is 1. The number of fused-ring (bicyclic) bond motifs is 1. The van der Waals surface area contributed by atoms with E-state index in [0.717, 1.165) is 21.3 Å². The summed E-state index contributed by atoms with van der Waals surface area (Å²) in [4.78, 5) is 9.75. The maximum atomic E-state index is 11.4. The topological polar surface area (TPSA) is 98.0 Å². The molecule has 0 unspecified atom stereocenters. The molecule has 2 aromatic heterocycles. The largest absolute Gasteiger partial charge is 0.340 e. The summed E-state index contributed by atoms with van der Waals surface area (Å²) < 4.78 is 22.9. The molecule has 0 radical (unpaired) electrons. The summed E-state index contributed by atoms with van der Waals surface area (Å²) in [7, 11) is -3.72. The zero-order valence-electron chi connectivity index (χ0n) is 15.3. The molecule has 142 valence electrons. The lowest BCUT2D eigenvalue weighted by Gasteiger charge is -2.10. The van der Waals surface area contributed by atoms with Crippen LogP contribution in [0, 0.1) is 13.8 Å². The molecule has 8 heteroatoms. The van der Waals surface area contributed by atoms with Crippen molar-refractivity contribution in [2.45, 2.75) is 18.7 Å². The Hall–Kier alpha value is -2.81. The highest BCUT2D eigenvalue weighted by Crippen LogP contribution is 2.38. The van der Waals surface area contributed by atoms with E-state index in [1.807, 2.05) is 0 Å². The van der Waals surface area contributed by atoms with Crippen LogP contribution in [0.4, 0.5) is 11.5 Å². The lowest BCUT2D eigenvalue weighted by molar-refractivity contribution is 0.598. The van der Waals surface area contributed by atoms with Gasteiger partial charge in [0.15, 0.2) is 0 Å². The summed E-state index contributed by atoms with van der Waals surface area (Å²) in [5, 5.41) is 11.4. The van der Waals surface area contributed by atoms with Gasteiger partial charge >= 0.3 is 0 Å². The van der Waals surface area contributed by atoms with Crippen LogP contribution in [0.25, 0.3) is 21.3 Å². The molecule has 28 heavy (non-hydrogen) atoms. The van der Waals surface area contributed by atoms with E-state index >= 15 is 0 Å². The molecule has 4 rings (SSSR count). The van der Waals surface area contributed by atoms with Gasteiger partial charge in [0.2, 0.25) is 10.0 Å². The summed E-state index contributed by atoms with van der Waals surface area (Å²) in [6, 6.07) is 12.6. The van der Waals surface area contributed by atoms with Gasteiger partial charge in [-0.15, -0.1) is 11.3 Å². The van der Waals surface area contributed by atoms with Crippen LogP contribution in [0.1, 0.15) is 11.1 Å². The summed E-state index contributed by atoms with van der Waals surface area (Å²) >= 11 is 1.56. The highest BCUT2D eigenvalue weighted by molar-refractivity contribution is 7.89. The summed E-state index contributed by atoms with van der Waals surface area (Å²) in [6.45, 7) is 4.18. The van der Waals surface area contributed by atoms with Crippen LogP contribution in [-0.2, 0) is 10.0 Å². The number of benzene rings is 2. The van der Waals surface area contributed by atoms with Crippen molar-refractivity contribution in [3.8, 4) is 11.1 Å². The number of aryl methyl sites for hydroxylation is 2. The molecular weight excluding hydrogens is 392 g/mol. The number of nitrogens with two attached hydrogens (primary N) is 1. The second kappa shape index (κ2) is 6.97. The van der Waals surface area contributed by atoms with Crippen molar-refractivity contribution < 1.29 is 8.42 Å². The lowest BCUT2D eigenvalue weighted by Crippen LogP contribution is -2.11. The number of sulfonamides is 1. The molecule has 0 saturated carbocycles. The van der Waals surface area contributed by atoms with E-state index in [0.29, 0.717) is 11.5 Å². The van der Waals surface area contributed by atoms with Crippen molar-refractivity contribution in [3.63, 3.8) is 0 Å². The van der Waals surface area contributed by atoms with Crippen LogP contribution in [0.15, 0.2) is 59.1 Å². The first-order chi connectivity index (χ1) is 13.3. The highest BCUT2D eigenvalue weighted by Gasteiger charge is 2.14. The fourth-order valence-electron chi connectivity index (χ4n) is 2.96. The number of aromatic nitrogens is 2. The third-order valence-corrected chi connectivity index (χ3v) is 6.45. The van der Waals surface area contributed by atoms with Crippen LogP contribution in [-0.4, -0.2) is 18.4 Å². The molecule has 0 aliphatic rings. The normalized spacial score (nSPS) is 11.7. The number of anilines is 2. The summed E-state index contributed by atoms with van der Waals surface area (Å²) in [5.41, 5.74) is 5.35. The number of nitrogens with one attached hydrogen (secondary N) is 1. The molecule has 0 bridgehead atoms. The lowest BCUT2D eigenvalue weighted by atomic mass is 10.0. The van der Waals surface area contributed by atoms with E-state index in [9.17, 15) is 8.42 Å². The molecule has 2 aromatic carbocycles. The van der Waals surface area contributed by atoms with E-state index in [1.165, 1.54) is 29.6 Å². The average Bonchev–Trinajstić information content (AvgIpc) is 3.09. The van der Waals surface area contributed by atoms with E-state index in [-0.39, 0.29) is 4.90 Å². The second-order valence-electron chi connectivity index (χ2n) is 6.55. The Bertz CT molecular complexity index is 1280. The van der Waals surface area contributed by atoms with Gasteiger partial charge in [-0.05, 0) is 54.8 Å². The van der Waals surface area contributed by atoms with Gasteiger partial charge in [0.1, 0.15) is 17.0 Å². The summed E-state index contributed by atoms with van der Waals surface area (Å²) in [5.74, 6) is 0.669. The molecule has 3 N–H and O–H groups in total. The predicted molar refractivity (Wildman–Crippen MR) is 113 cm³/mol. The third kappa shape index (κ3) is 3.49. The minimum Gasteiger partial charge on any atom is -0.340 e. The van der Waals surface area contributed by atoms with Crippen molar-refractivity contribution in [1.29, 1.82) is 0 Å². The quantitative estimate of drug-likeness (QED) is 0.521. The van der Waals surface area contributed by atoms with E-state index in [2.05, 4.69) is 52.7 Å². The van der Waals surface area contributed by atoms with Gasteiger partial charge in [-0.1, -0.05) is 18.2 Å². The number of nitrogens with zero attached hydrogens (tertiary/aromatic N) is 2. The van der Waals surface area contributed by atoms with Gasteiger partial charge in [0.25, 0.3) is 0 Å². The van der Waals surface area contributed by atoms with Gasteiger partial charge < -0.3 is 5.32 Å². The third-order valence-electron chi connectivity index (χ3n) is 4.63. The molecule has 0 spiro atoms. The SMILES string of the molecule is Cc1ccc(-c2csc3ncnc(Nc4ccc(S(N)(=O)=O)cc4)c23)cc1C. The smallest absolute Gasteiger partial charge is 0.238 e. The van der Waals surface area contributed by atoms with Crippen molar-refractivity contribution in [3.05, 3.63) is 65.3 Å². The Morgan fingerprint density at radius 1 is 1.00 bits per heavy atom. The molecule has 6 nitrogen and oxygen atoms in total. The maximum Gasteiger partial charge on any atom is 0.238 e. The van der Waals surface area contributed by atoms with Crippen molar-refractivity contribution in [1.82, 2.24) is 9.97 Å². The fraction of sp³-hybridized carbons (Fsp3) is 0.100. The molecule has 2 heterocycles. The Labute approximate surface area is 167 Å². The zero-order valence-corrected chi connectivity index (χ0v) is 16.9. The molecule has 0 amide bonds. The van der Waals surface area contributed by atoms with Gasteiger partial charge in [0.05, 0.1) is 10.3 Å². The molecule has 0 fully saturated rings. The Morgan fingerprint density at radius 3 is 2.43 bits per heavy atom. The van der Waals surface area contributed by atoms with Gasteiger partial charge in [-0.2, -0.15) is 0 Å². The number of hydrogen-bond acceptors (Lipinski definition) is 6. The van der Waals surface area contributed by atoms with Gasteiger partial charge in [0, 0.05) is 16.6 Å². The monoisotopic (exact) mass is 410 g/mol. The Kier molecular flexibility index (Phi) is 4.62. The fourth-order valence-corrected chi connectivity index (χ4v) is 4.39. The summed E-state index contributed by atoms with van der Waals surface area (Å²) in [6.07, 6.45) is 1.52. The van der Waals surface area contributed by atoms with E-state index < -0.39 is 10.0 Å². The van der Waals surface area contributed by atoms with Crippen LogP contribution >= 0.6 is 11.3 Å².